The summed E-state index contributed by atoms with van der Waals surface area (Å²) in [4.78, 5) is 0. The predicted octanol–water partition coefficient (Wildman–Crippen LogP) is 1.84. The Morgan fingerprint density at radius 1 is 1.50 bits per heavy atom. The second-order valence-electron chi connectivity index (χ2n) is 3.12. The van der Waals surface area contributed by atoms with Crippen LogP contribution in [0.1, 0.15) is 18.5 Å². The number of aliphatic hydroxyl groups is 1. The SMILES string of the molecule is COc1cccc(Br)c1[C@@H](N)[C@H](C)O. The van der Waals surface area contributed by atoms with Gasteiger partial charge in [-0.15, -0.1) is 0 Å². The smallest absolute Gasteiger partial charge is 0.124 e. The second kappa shape index (κ2) is 4.77. The molecular formula is C10H14BrNO2. The molecule has 0 aromatic heterocycles. The molecule has 0 aliphatic rings. The summed E-state index contributed by atoms with van der Waals surface area (Å²) in [6.07, 6.45) is -0.609. The Bertz CT molecular complexity index is 315. The van der Waals surface area contributed by atoms with Crippen molar-refractivity contribution in [3.63, 3.8) is 0 Å². The Balaban J connectivity index is 3.16. The van der Waals surface area contributed by atoms with E-state index in [-0.39, 0.29) is 0 Å². The van der Waals surface area contributed by atoms with E-state index in [0.29, 0.717) is 5.75 Å². The van der Waals surface area contributed by atoms with E-state index < -0.39 is 12.1 Å². The monoisotopic (exact) mass is 259 g/mol. The third-order valence-electron chi connectivity index (χ3n) is 2.09. The minimum Gasteiger partial charge on any atom is -0.496 e. The number of rotatable bonds is 3. The van der Waals surface area contributed by atoms with Gasteiger partial charge in [0.1, 0.15) is 5.75 Å². The number of methoxy groups -OCH3 is 1. The number of halogens is 1. The molecule has 1 aromatic carbocycles. The van der Waals surface area contributed by atoms with Crippen LogP contribution >= 0.6 is 15.9 Å². The molecule has 3 N–H and O–H groups in total. The maximum absolute atomic E-state index is 9.42. The first-order chi connectivity index (χ1) is 6.57. The molecule has 3 nitrogen and oxygen atoms in total. The van der Waals surface area contributed by atoms with Gasteiger partial charge in [0.2, 0.25) is 0 Å². The first kappa shape index (κ1) is 11.5. The molecule has 0 aliphatic carbocycles. The van der Waals surface area contributed by atoms with Gasteiger partial charge in [-0.25, -0.2) is 0 Å². The van der Waals surface area contributed by atoms with Gasteiger partial charge in [-0.05, 0) is 19.1 Å². The topological polar surface area (TPSA) is 55.5 Å². The van der Waals surface area contributed by atoms with Gasteiger partial charge in [-0.2, -0.15) is 0 Å². The molecule has 0 saturated carbocycles. The lowest BCUT2D eigenvalue weighted by atomic mass is 10.0. The number of nitrogens with two attached hydrogens (primary N) is 1. The van der Waals surface area contributed by atoms with Gasteiger partial charge >= 0.3 is 0 Å². The molecule has 0 aliphatic heterocycles. The normalized spacial score (nSPS) is 14.9. The van der Waals surface area contributed by atoms with Crippen molar-refractivity contribution in [3.05, 3.63) is 28.2 Å². The Morgan fingerprint density at radius 3 is 2.64 bits per heavy atom. The molecule has 0 unspecified atom stereocenters. The van der Waals surface area contributed by atoms with Gasteiger partial charge < -0.3 is 15.6 Å². The van der Waals surface area contributed by atoms with Crippen LogP contribution in [0.4, 0.5) is 0 Å². The highest BCUT2D eigenvalue weighted by atomic mass is 79.9. The van der Waals surface area contributed by atoms with Crippen LogP contribution < -0.4 is 10.5 Å². The molecule has 0 heterocycles. The highest BCUT2D eigenvalue weighted by Crippen LogP contribution is 2.32. The summed E-state index contributed by atoms with van der Waals surface area (Å²) in [6, 6.07) is 5.12. The molecular weight excluding hydrogens is 246 g/mol. The third-order valence-corrected chi connectivity index (χ3v) is 2.78. The maximum atomic E-state index is 9.42. The van der Waals surface area contributed by atoms with E-state index in [2.05, 4.69) is 15.9 Å². The zero-order chi connectivity index (χ0) is 10.7. The fourth-order valence-electron chi connectivity index (χ4n) is 1.26. The predicted molar refractivity (Wildman–Crippen MR) is 59.3 cm³/mol. The molecule has 0 saturated heterocycles. The van der Waals surface area contributed by atoms with Crippen LogP contribution in [0, 0.1) is 0 Å². The van der Waals surface area contributed by atoms with Gasteiger partial charge in [0.25, 0.3) is 0 Å². The van der Waals surface area contributed by atoms with E-state index in [1.54, 1.807) is 14.0 Å². The summed E-state index contributed by atoms with van der Waals surface area (Å²) in [5.41, 5.74) is 6.65. The van der Waals surface area contributed by atoms with Crippen LogP contribution in [-0.2, 0) is 0 Å². The first-order valence-corrected chi connectivity index (χ1v) is 5.13. The van der Waals surface area contributed by atoms with Crippen LogP contribution in [0.25, 0.3) is 0 Å². The average molecular weight is 260 g/mol. The van der Waals surface area contributed by atoms with Gasteiger partial charge in [0, 0.05) is 10.0 Å². The molecule has 14 heavy (non-hydrogen) atoms. The largest absolute Gasteiger partial charge is 0.496 e. The van der Waals surface area contributed by atoms with E-state index in [1.165, 1.54) is 0 Å². The summed E-state index contributed by atoms with van der Waals surface area (Å²) in [7, 11) is 1.58. The van der Waals surface area contributed by atoms with Gasteiger partial charge in [0.15, 0.2) is 0 Å². The van der Waals surface area contributed by atoms with E-state index >= 15 is 0 Å². The Hall–Kier alpha value is -0.580. The third kappa shape index (κ3) is 2.26. The maximum Gasteiger partial charge on any atom is 0.124 e. The summed E-state index contributed by atoms with van der Waals surface area (Å²) >= 11 is 3.39. The summed E-state index contributed by atoms with van der Waals surface area (Å²) in [5.74, 6) is 0.688. The van der Waals surface area contributed by atoms with Gasteiger partial charge in [-0.1, -0.05) is 22.0 Å². The molecule has 0 amide bonds. The quantitative estimate of drug-likeness (QED) is 0.871. The van der Waals surface area contributed by atoms with Gasteiger partial charge in [-0.3, -0.25) is 0 Å². The van der Waals surface area contributed by atoms with Crippen LogP contribution in [0.15, 0.2) is 22.7 Å². The number of hydrogen-bond acceptors (Lipinski definition) is 3. The number of aliphatic hydroxyl groups excluding tert-OH is 1. The summed E-state index contributed by atoms with van der Waals surface area (Å²) in [6.45, 7) is 1.66. The molecule has 0 bridgehead atoms. The van der Waals surface area contributed by atoms with Crippen LogP contribution in [-0.4, -0.2) is 18.3 Å². The lowest BCUT2D eigenvalue weighted by Crippen LogP contribution is -2.24. The van der Waals surface area contributed by atoms with Crippen molar-refractivity contribution >= 4 is 15.9 Å². The van der Waals surface area contributed by atoms with Crippen LogP contribution in [0.2, 0.25) is 0 Å². The summed E-state index contributed by atoms with van der Waals surface area (Å²) < 4.78 is 6.03. The van der Waals surface area contributed by atoms with E-state index in [1.807, 2.05) is 18.2 Å². The van der Waals surface area contributed by atoms with Crippen LogP contribution in [0.5, 0.6) is 5.75 Å². The zero-order valence-corrected chi connectivity index (χ0v) is 9.78. The fourth-order valence-corrected chi connectivity index (χ4v) is 1.87. The number of benzene rings is 1. The van der Waals surface area contributed by atoms with Crippen LogP contribution in [0.3, 0.4) is 0 Å². The fraction of sp³-hybridized carbons (Fsp3) is 0.400. The molecule has 78 valence electrons. The molecule has 0 spiro atoms. The van der Waals surface area contributed by atoms with E-state index in [9.17, 15) is 5.11 Å². The standard InChI is InChI=1S/C10H14BrNO2/c1-6(13)10(12)9-7(11)4-3-5-8(9)14-2/h3-6,10,13H,12H2,1-2H3/t6-,10-/m0/s1. The minimum absolute atomic E-state index is 0.444. The van der Waals surface area contributed by atoms with Crippen molar-refractivity contribution in [1.82, 2.24) is 0 Å². The Kier molecular flexibility index (Phi) is 3.92. The van der Waals surface area contributed by atoms with Gasteiger partial charge in [0.05, 0.1) is 19.3 Å². The minimum atomic E-state index is -0.609. The zero-order valence-electron chi connectivity index (χ0n) is 8.20. The number of hydrogen-bond donors (Lipinski definition) is 2. The van der Waals surface area contributed by atoms with Crippen molar-refractivity contribution in [2.45, 2.75) is 19.1 Å². The van der Waals surface area contributed by atoms with Crippen molar-refractivity contribution in [2.75, 3.05) is 7.11 Å². The average Bonchev–Trinajstić information content (AvgIpc) is 2.16. The van der Waals surface area contributed by atoms with Crippen molar-refractivity contribution in [3.8, 4) is 5.75 Å². The molecule has 0 radical (unpaired) electrons. The highest BCUT2D eigenvalue weighted by molar-refractivity contribution is 9.10. The van der Waals surface area contributed by atoms with E-state index in [4.69, 9.17) is 10.5 Å². The lowest BCUT2D eigenvalue weighted by molar-refractivity contribution is 0.162. The van der Waals surface area contributed by atoms with Crippen molar-refractivity contribution in [1.29, 1.82) is 0 Å². The highest BCUT2D eigenvalue weighted by Gasteiger charge is 2.19. The number of ether oxygens (including phenoxy) is 1. The molecule has 1 aromatic rings. The first-order valence-electron chi connectivity index (χ1n) is 4.34. The Labute approximate surface area is 92.0 Å². The van der Waals surface area contributed by atoms with E-state index in [0.717, 1.165) is 10.0 Å². The molecule has 2 atom stereocenters. The Morgan fingerprint density at radius 2 is 2.14 bits per heavy atom. The summed E-state index contributed by atoms with van der Waals surface area (Å²) in [5, 5.41) is 9.42. The van der Waals surface area contributed by atoms with Crippen molar-refractivity contribution < 1.29 is 9.84 Å². The lowest BCUT2D eigenvalue weighted by Gasteiger charge is -2.19. The molecule has 0 fully saturated rings. The second-order valence-corrected chi connectivity index (χ2v) is 3.98. The molecule has 4 heteroatoms. The molecule has 1 rings (SSSR count). The van der Waals surface area contributed by atoms with Crippen molar-refractivity contribution in [2.24, 2.45) is 5.73 Å².